The maximum atomic E-state index is 12.5. The Kier molecular flexibility index (Phi) is 5.46. The van der Waals surface area contributed by atoms with Crippen LogP contribution in [0.5, 0.6) is 0 Å². The summed E-state index contributed by atoms with van der Waals surface area (Å²) in [6, 6.07) is 6.18. The fourth-order valence-corrected chi connectivity index (χ4v) is 3.63. The molecule has 134 valence electrons. The van der Waals surface area contributed by atoms with Crippen molar-refractivity contribution in [3.8, 4) is 5.13 Å². The van der Waals surface area contributed by atoms with E-state index in [9.17, 15) is 9.59 Å². The SMILES string of the molecule is Cc1cc(C(=O)COC(=O)c2ccc(Cl)c(Cl)c2)c(C)n1-c1nccs1. The van der Waals surface area contributed by atoms with E-state index in [-0.39, 0.29) is 23.0 Å². The second kappa shape index (κ2) is 7.61. The average molecular weight is 409 g/mol. The van der Waals surface area contributed by atoms with Gasteiger partial charge in [-0.3, -0.25) is 9.36 Å². The van der Waals surface area contributed by atoms with Gasteiger partial charge in [0.2, 0.25) is 5.78 Å². The van der Waals surface area contributed by atoms with Gasteiger partial charge in [-0.15, -0.1) is 11.3 Å². The van der Waals surface area contributed by atoms with Gasteiger partial charge >= 0.3 is 5.97 Å². The Morgan fingerprint density at radius 1 is 1.19 bits per heavy atom. The highest BCUT2D eigenvalue weighted by molar-refractivity contribution is 7.12. The number of carbonyl (C=O) groups excluding carboxylic acids is 2. The molecule has 0 N–H and O–H groups in total. The molecule has 0 aliphatic rings. The minimum Gasteiger partial charge on any atom is -0.454 e. The van der Waals surface area contributed by atoms with Gasteiger partial charge < -0.3 is 4.74 Å². The predicted molar refractivity (Wildman–Crippen MR) is 102 cm³/mol. The Morgan fingerprint density at radius 2 is 1.96 bits per heavy atom. The van der Waals surface area contributed by atoms with E-state index in [0.29, 0.717) is 10.6 Å². The summed E-state index contributed by atoms with van der Waals surface area (Å²) in [6.07, 6.45) is 1.71. The van der Waals surface area contributed by atoms with Crippen LogP contribution in [0.3, 0.4) is 0 Å². The molecule has 0 aliphatic carbocycles. The first-order valence-corrected chi connectivity index (χ1v) is 9.26. The highest BCUT2D eigenvalue weighted by Gasteiger charge is 2.19. The second-order valence-electron chi connectivity index (χ2n) is 5.56. The molecule has 8 heteroatoms. The second-order valence-corrected chi connectivity index (χ2v) is 7.25. The van der Waals surface area contributed by atoms with Gasteiger partial charge in [0.1, 0.15) is 0 Å². The standard InChI is InChI=1S/C18H14Cl2N2O3S/c1-10-7-13(11(2)22(10)18-21-5-6-26-18)16(23)9-25-17(24)12-3-4-14(19)15(20)8-12/h3-8H,9H2,1-2H3. The number of ether oxygens (including phenoxy) is 1. The van der Waals surface area contributed by atoms with Gasteiger partial charge in [0.15, 0.2) is 11.7 Å². The van der Waals surface area contributed by atoms with Crippen LogP contribution in [0.25, 0.3) is 5.13 Å². The number of esters is 1. The molecule has 0 aliphatic heterocycles. The van der Waals surface area contributed by atoms with Crippen LogP contribution < -0.4 is 0 Å². The lowest BCUT2D eigenvalue weighted by Crippen LogP contribution is -2.15. The largest absolute Gasteiger partial charge is 0.454 e. The van der Waals surface area contributed by atoms with Crippen LogP contribution in [0, 0.1) is 13.8 Å². The molecular weight excluding hydrogens is 395 g/mol. The van der Waals surface area contributed by atoms with E-state index in [1.54, 1.807) is 12.3 Å². The van der Waals surface area contributed by atoms with E-state index in [0.717, 1.165) is 16.5 Å². The van der Waals surface area contributed by atoms with Crippen molar-refractivity contribution in [2.75, 3.05) is 6.61 Å². The molecule has 0 saturated carbocycles. The molecular formula is C18H14Cl2N2O3S. The molecule has 0 amide bonds. The molecule has 0 saturated heterocycles. The molecule has 0 spiro atoms. The highest BCUT2D eigenvalue weighted by atomic mass is 35.5. The molecule has 0 unspecified atom stereocenters. The Balaban J connectivity index is 1.73. The number of aromatic nitrogens is 2. The lowest BCUT2D eigenvalue weighted by Gasteiger charge is -2.07. The average Bonchev–Trinajstić information content (AvgIpc) is 3.22. The third-order valence-electron chi connectivity index (χ3n) is 3.83. The number of ketones is 1. The van der Waals surface area contributed by atoms with Crippen molar-refractivity contribution in [3.05, 3.63) is 68.4 Å². The minimum absolute atomic E-state index is 0.237. The number of benzene rings is 1. The van der Waals surface area contributed by atoms with Crippen molar-refractivity contribution in [3.63, 3.8) is 0 Å². The molecule has 3 aromatic rings. The van der Waals surface area contributed by atoms with Crippen molar-refractivity contribution in [1.82, 2.24) is 9.55 Å². The van der Waals surface area contributed by atoms with Crippen molar-refractivity contribution < 1.29 is 14.3 Å². The summed E-state index contributed by atoms with van der Waals surface area (Å²) in [5.74, 6) is -0.917. The van der Waals surface area contributed by atoms with Crippen molar-refractivity contribution in [2.45, 2.75) is 13.8 Å². The van der Waals surface area contributed by atoms with E-state index in [2.05, 4.69) is 4.98 Å². The van der Waals surface area contributed by atoms with Gasteiger partial charge in [0, 0.05) is 28.5 Å². The van der Waals surface area contributed by atoms with Crippen LogP contribution >= 0.6 is 34.5 Å². The van der Waals surface area contributed by atoms with Gasteiger partial charge in [0.25, 0.3) is 0 Å². The van der Waals surface area contributed by atoms with Gasteiger partial charge in [-0.25, -0.2) is 9.78 Å². The topological polar surface area (TPSA) is 61.2 Å². The Hall–Kier alpha value is -2.15. The molecule has 0 bridgehead atoms. The summed E-state index contributed by atoms with van der Waals surface area (Å²) in [4.78, 5) is 28.9. The van der Waals surface area contributed by atoms with Crippen molar-refractivity contribution >= 4 is 46.3 Å². The summed E-state index contributed by atoms with van der Waals surface area (Å²) in [5.41, 5.74) is 2.38. The van der Waals surface area contributed by atoms with Gasteiger partial charge in [-0.1, -0.05) is 23.2 Å². The fourth-order valence-electron chi connectivity index (χ4n) is 2.58. The Morgan fingerprint density at radius 3 is 2.62 bits per heavy atom. The van der Waals surface area contributed by atoms with Crippen LogP contribution in [-0.2, 0) is 4.74 Å². The summed E-state index contributed by atoms with van der Waals surface area (Å²) in [5, 5.41) is 3.24. The van der Waals surface area contributed by atoms with Gasteiger partial charge in [-0.05, 0) is 38.1 Å². The molecule has 0 radical (unpaired) electrons. The molecule has 5 nitrogen and oxygen atoms in total. The Bertz CT molecular complexity index is 981. The third kappa shape index (κ3) is 3.67. The normalized spacial score (nSPS) is 10.8. The lowest BCUT2D eigenvalue weighted by atomic mass is 10.1. The maximum absolute atomic E-state index is 12.5. The van der Waals surface area contributed by atoms with Crippen LogP contribution in [0.4, 0.5) is 0 Å². The number of carbonyl (C=O) groups is 2. The molecule has 3 rings (SSSR count). The third-order valence-corrected chi connectivity index (χ3v) is 5.33. The number of thiazole rings is 1. The monoisotopic (exact) mass is 408 g/mol. The number of hydrogen-bond donors (Lipinski definition) is 0. The van der Waals surface area contributed by atoms with E-state index < -0.39 is 5.97 Å². The summed E-state index contributed by atoms with van der Waals surface area (Å²) in [7, 11) is 0. The van der Waals surface area contributed by atoms with Gasteiger partial charge in [-0.2, -0.15) is 0 Å². The molecule has 2 aromatic heterocycles. The number of nitrogens with zero attached hydrogens (tertiary/aromatic N) is 2. The number of halogens is 2. The zero-order valence-electron chi connectivity index (χ0n) is 14.0. The smallest absolute Gasteiger partial charge is 0.338 e. The van der Waals surface area contributed by atoms with Gasteiger partial charge in [0.05, 0.1) is 15.6 Å². The number of hydrogen-bond acceptors (Lipinski definition) is 5. The molecule has 26 heavy (non-hydrogen) atoms. The van der Waals surface area contributed by atoms with Crippen LogP contribution in [0.1, 0.15) is 32.1 Å². The van der Waals surface area contributed by atoms with E-state index in [1.165, 1.54) is 29.5 Å². The number of Topliss-reactive ketones (excluding diaryl/α,β-unsaturated/α-hetero) is 1. The summed E-state index contributed by atoms with van der Waals surface area (Å²) >= 11 is 13.2. The van der Waals surface area contributed by atoms with E-state index in [4.69, 9.17) is 27.9 Å². The van der Waals surface area contributed by atoms with Crippen LogP contribution in [-0.4, -0.2) is 27.9 Å². The van der Waals surface area contributed by atoms with Crippen molar-refractivity contribution in [1.29, 1.82) is 0 Å². The summed E-state index contributed by atoms with van der Waals surface area (Å²) < 4.78 is 7.02. The fraction of sp³-hybridized carbons (Fsp3) is 0.167. The van der Waals surface area contributed by atoms with Crippen LogP contribution in [0.15, 0.2) is 35.8 Å². The van der Waals surface area contributed by atoms with Crippen LogP contribution in [0.2, 0.25) is 10.0 Å². The maximum Gasteiger partial charge on any atom is 0.338 e. The van der Waals surface area contributed by atoms with E-state index in [1.807, 2.05) is 23.8 Å². The first kappa shape index (κ1) is 18.6. The highest BCUT2D eigenvalue weighted by Crippen LogP contribution is 2.24. The lowest BCUT2D eigenvalue weighted by molar-refractivity contribution is 0.0474. The summed E-state index contributed by atoms with van der Waals surface area (Å²) in [6.45, 7) is 3.37. The quantitative estimate of drug-likeness (QED) is 0.444. The zero-order valence-corrected chi connectivity index (χ0v) is 16.3. The van der Waals surface area contributed by atoms with Crippen molar-refractivity contribution in [2.24, 2.45) is 0 Å². The predicted octanol–water partition coefficient (Wildman–Crippen LogP) is 4.90. The molecule has 1 aromatic carbocycles. The zero-order chi connectivity index (χ0) is 18.8. The first-order chi connectivity index (χ1) is 12.4. The Labute approximate surface area is 164 Å². The molecule has 0 fully saturated rings. The number of rotatable bonds is 5. The van der Waals surface area contributed by atoms with E-state index >= 15 is 0 Å². The minimum atomic E-state index is -0.634. The first-order valence-electron chi connectivity index (χ1n) is 7.62. The number of aryl methyl sites for hydroxylation is 1. The molecule has 0 atom stereocenters. The molecule has 2 heterocycles.